The largest absolute Gasteiger partial charge is 0.316 e. The highest BCUT2D eigenvalue weighted by molar-refractivity contribution is 7.80. The van der Waals surface area contributed by atoms with Crippen LogP contribution >= 0.6 is 12.2 Å². The van der Waals surface area contributed by atoms with E-state index in [4.69, 9.17) is 12.2 Å². The molecule has 1 amide bonds. The van der Waals surface area contributed by atoms with Crippen molar-refractivity contribution in [2.45, 2.75) is 20.8 Å². The highest BCUT2D eigenvalue weighted by atomic mass is 32.1. The first kappa shape index (κ1) is 11.9. The zero-order valence-electron chi connectivity index (χ0n) is 9.20. The minimum atomic E-state index is -0.418. The molecule has 1 rings (SSSR count). The zero-order valence-corrected chi connectivity index (χ0v) is 10.0. The Labute approximate surface area is 95.7 Å². The Hall–Kier alpha value is -1.22. The maximum absolute atomic E-state index is 11.6. The van der Waals surface area contributed by atoms with E-state index in [9.17, 15) is 4.79 Å². The molecule has 0 aromatic heterocycles. The predicted octanol–water partition coefficient (Wildman–Crippen LogP) is 2.52. The molecule has 0 aliphatic carbocycles. The van der Waals surface area contributed by atoms with Crippen molar-refractivity contribution >= 4 is 23.1 Å². The SMILES string of the molecule is CC(C)(C)C(=O)NC(=S)c1ccccc1. The van der Waals surface area contributed by atoms with E-state index in [1.807, 2.05) is 51.1 Å². The Morgan fingerprint density at radius 3 is 2.20 bits per heavy atom. The van der Waals surface area contributed by atoms with Gasteiger partial charge in [-0.1, -0.05) is 63.3 Å². The zero-order chi connectivity index (χ0) is 11.5. The summed E-state index contributed by atoms with van der Waals surface area (Å²) in [6.07, 6.45) is 0. The van der Waals surface area contributed by atoms with Gasteiger partial charge in [0.05, 0.1) is 0 Å². The standard InChI is InChI=1S/C12H15NOS/c1-12(2,3)11(14)13-10(15)9-7-5-4-6-8-9/h4-8H,1-3H3,(H,13,14,15). The fourth-order valence-electron chi connectivity index (χ4n) is 0.952. The van der Waals surface area contributed by atoms with Crippen LogP contribution in [0.1, 0.15) is 26.3 Å². The highest BCUT2D eigenvalue weighted by Gasteiger charge is 2.22. The third-order valence-corrected chi connectivity index (χ3v) is 2.28. The Morgan fingerprint density at radius 2 is 1.73 bits per heavy atom. The van der Waals surface area contributed by atoms with Gasteiger partial charge in [0.2, 0.25) is 5.91 Å². The number of benzene rings is 1. The maximum Gasteiger partial charge on any atom is 0.230 e. The molecule has 0 aliphatic heterocycles. The summed E-state index contributed by atoms with van der Waals surface area (Å²) in [5.74, 6) is -0.0589. The van der Waals surface area contributed by atoms with E-state index in [1.54, 1.807) is 0 Å². The van der Waals surface area contributed by atoms with Crippen LogP contribution in [-0.4, -0.2) is 10.9 Å². The lowest BCUT2D eigenvalue weighted by Gasteiger charge is -2.17. The minimum Gasteiger partial charge on any atom is -0.316 e. The van der Waals surface area contributed by atoms with Gasteiger partial charge in [-0.3, -0.25) is 4.79 Å². The van der Waals surface area contributed by atoms with Crippen molar-refractivity contribution in [2.75, 3.05) is 0 Å². The van der Waals surface area contributed by atoms with E-state index in [2.05, 4.69) is 5.32 Å². The molecule has 1 aromatic rings. The van der Waals surface area contributed by atoms with Crippen LogP contribution in [0, 0.1) is 5.41 Å². The van der Waals surface area contributed by atoms with E-state index in [0.717, 1.165) is 5.56 Å². The molecular weight excluding hydrogens is 206 g/mol. The molecule has 0 saturated heterocycles. The quantitative estimate of drug-likeness (QED) is 0.738. The van der Waals surface area contributed by atoms with Crippen LogP contribution in [0.2, 0.25) is 0 Å². The van der Waals surface area contributed by atoms with Crippen molar-refractivity contribution in [3.8, 4) is 0 Å². The summed E-state index contributed by atoms with van der Waals surface area (Å²) in [5, 5.41) is 2.73. The normalized spacial score (nSPS) is 10.9. The van der Waals surface area contributed by atoms with Crippen LogP contribution < -0.4 is 5.32 Å². The Kier molecular flexibility index (Phi) is 3.58. The molecule has 15 heavy (non-hydrogen) atoms. The van der Waals surface area contributed by atoms with Crippen molar-refractivity contribution < 1.29 is 4.79 Å². The number of carbonyl (C=O) groups excluding carboxylic acids is 1. The van der Waals surface area contributed by atoms with Gasteiger partial charge in [-0.15, -0.1) is 0 Å². The van der Waals surface area contributed by atoms with Crippen LogP contribution in [-0.2, 0) is 4.79 Å². The second kappa shape index (κ2) is 4.53. The minimum absolute atomic E-state index is 0.0589. The van der Waals surface area contributed by atoms with Gasteiger partial charge in [0.1, 0.15) is 4.99 Å². The molecule has 0 atom stereocenters. The van der Waals surface area contributed by atoms with Crippen molar-refractivity contribution in [1.82, 2.24) is 5.32 Å². The first-order valence-electron chi connectivity index (χ1n) is 4.82. The van der Waals surface area contributed by atoms with Crippen LogP contribution in [0.3, 0.4) is 0 Å². The molecular formula is C12H15NOS. The Balaban J connectivity index is 2.70. The van der Waals surface area contributed by atoms with Crippen LogP contribution in [0.15, 0.2) is 30.3 Å². The molecule has 1 N–H and O–H groups in total. The first-order valence-corrected chi connectivity index (χ1v) is 5.23. The molecule has 0 heterocycles. The summed E-state index contributed by atoms with van der Waals surface area (Å²) in [6, 6.07) is 9.46. The van der Waals surface area contributed by atoms with Gasteiger partial charge in [-0.05, 0) is 0 Å². The fourth-order valence-corrected chi connectivity index (χ4v) is 1.18. The number of hydrogen-bond acceptors (Lipinski definition) is 2. The molecule has 1 aromatic carbocycles. The smallest absolute Gasteiger partial charge is 0.230 e. The van der Waals surface area contributed by atoms with Gasteiger partial charge in [-0.2, -0.15) is 0 Å². The third kappa shape index (κ3) is 3.44. The van der Waals surface area contributed by atoms with E-state index < -0.39 is 5.41 Å². The number of carbonyl (C=O) groups is 1. The summed E-state index contributed by atoms with van der Waals surface area (Å²) >= 11 is 5.13. The molecule has 0 saturated carbocycles. The highest BCUT2D eigenvalue weighted by Crippen LogP contribution is 2.13. The number of nitrogens with one attached hydrogen (secondary N) is 1. The summed E-state index contributed by atoms with van der Waals surface area (Å²) in [6.45, 7) is 5.57. The van der Waals surface area contributed by atoms with Gasteiger partial charge in [0.25, 0.3) is 0 Å². The number of amides is 1. The van der Waals surface area contributed by atoms with Crippen LogP contribution in [0.4, 0.5) is 0 Å². The second-order valence-corrected chi connectivity index (χ2v) is 4.81. The third-order valence-electron chi connectivity index (χ3n) is 1.94. The molecule has 2 nitrogen and oxygen atoms in total. The van der Waals surface area contributed by atoms with Crippen molar-refractivity contribution in [2.24, 2.45) is 5.41 Å². The molecule has 0 aliphatic rings. The van der Waals surface area contributed by atoms with Gasteiger partial charge in [0, 0.05) is 11.0 Å². The monoisotopic (exact) mass is 221 g/mol. The summed E-state index contributed by atoms with van der Waals surface area (Å²) in [5.41, 5.74) is 0.448. The lowest BCUT2D eigenvalue weighted by atomic mass is 9.95. The van der Waals surface area contributed by atoms with Gasteiger partial charge < -0.3 is 5.32 Å². The van der Waals surface area contributed by atoms with Crippen LogP contribution in [0.25, 0.3) is 0 Å². The van der Waals surface area contributed by atoms with E-state index in [-0.39, 0.29) is 5.91 Å². The van der Waals surface area contributed by atoms with Crippen LogP contribution in [0.5, 0.6) is 0 Å². The Bertz CT molecular complexity index is 365. The fraction of sp³-hybridized carbons (Fsp3) is 0.333. The van der Waals surface area contributed by atoms with E-state index >= 15 is 0 Å². The lowest BCUT2D eigenvalue weighted by Crippen LogP contribution is -2.38. The number of thiocarbonyl (C=S) groups is 1. The maximum atomic E-state index is 11.6. The van der Waals surface area contributed by atoms with E-state index in [0.29, 0.717) is 4.99 Å². The summed E-state index contributed by atoms with van der Waals surface area (Å²) in [4.78, 5) is 12.1. The molecule has 3 heteroatoms. The average molecular weight is 221 g/mol. The van der Waals surface area contributed by atoms with Gasteiger partial charge in [-0.25, -0.2) is 0 Å². The van der Waals surface area contributed by atoms with E-state index in [1.165, 1.54) is 0 Å². The molecule has 0 radical (unpaired) electrons. The molecule has 0 unspecified atom stereocenters. The average Bonchev–Trinajstić information content (AvgIpc) is 2.17. The topological polar surface area (TPSA) is 29.1 Å². The predicted molar refractivity (Wildman–Crippen MR) is 65.7 cm³/mol. The number of rotatable bonds is 1. The molecule has 0 bridgehead atoms. The first-order chi connectivity index (χ1) is 6.91. The lowest BCUT2D eigenvalue weighted by molar-refractivity contribution is -0.126. The Morgan fingerprint density at radius 1 is 1.20 bits per heavy atom. The van der Waals surface area contributed by atoms with Crippen molar-refractivity contribution in [3.05, 3.63) is 35.9 Å². The van der Waals surface area contributed by atoms with Gasteiger partial charge in [0.15, 0.2) is 0 Å². The molecule has 0 fully saturated rings. The summed E-state index contributed by atoms with van der Waals surface area (Å²) < 4.78 is 0. The molecule has 0 spiro atoms. The number of hydrogen-bond donors (Lipinski definition) is 1. The van der Waals surface area contributed by atoms with Crippen molar-refractivity contribution in [3.63, 3.8) is 0 Å². The van der Waals surface area contributed by atoms with Gasteiger partial charge >= 0.3 is 0 Å². The second-order valence-electron chi connectivity index (χ2n) is 4.40. The molecule has 80 valence electrons. The summed E-state index contributed by atoms with van der Waals surface area (Å²) in [7, 11) is 0. The van der Waals surface area contributed by atoms with Crippen molar-refractivity contribution in [1.29, 1.82) is 0 Å².